The number of halogens is 2. The molecule has 2 N–H and O–H groups in total. The van der Waals surface area contributed by atoms with Crippen molar-refractivity contribution in [1.82, 2.24) is 4.72 Å². The van der Waals surface area contributed by atoms with E-state index >= 15 is 0 Å². The maximum atomic E-state index is 12.4. The number of carboxylic acids is 1. The lowest BCUT2D eigenvalue weighted by Crippen LogP contribution is -2.42. The van der Waals surface area contributed by atoms with Gasteiger partial charge in [0.2, 0.25) is 10.0 Å². The predicted octanol–water partition coefficient (Wildman–Crippen LogP) is 2.97. The van der Waals surface area contributed by atoms with Gasteiger partial charge < -0.3 is 5.11 Å². The molecule has 0 aromatic heterocycles. The molecule has 2 aromatic carbocycles. The molecule has 0 unspecified atom stereocenters. The SMILES string of the molecule is O=C(O)[C@@H](Cc1ccccc1)NS(=O)(=O)c1c(Cl)cccc1Cl. The van der Waals surface area contributed by atoms with E-state index in [4.69, 9.17) is 23.2 Å². The van der Waals surface area contributed by atoms with Crippen LogP contribution >= 0.6 is 23.2 Å². The van der Waals surface area contributed by atoms with E-state index in [9.17, 15) is 18.3 Å². The quantitative estimate of drug-likeness (QED) is 0.814. The number of benzene rings is 2. The van der Waals surface area contributed by atoms with Gasteiger partial charge in [0.05, 0.1) is 10.0 Å². The van der Waals surface area contributed by atoms with E-state index in [2.05, 4.69) is 4.72 Å². The predicted molar refractivity (Wildman–Crippen MR) is 88.4 cm³/mol. The van der Waals surface area contributed by atoms with Gasteiger partial charge in [0.25, 0.3) is 0 Å². The van der Waals surface area contributed by atoms with Gasteiger partial charge in [0, 0.05) is 0 Å². The zero-order valence-electron chi connectivity index (χ0n) is 11.7. The number of aliphatic carboxylic acids is 1. The minimum absolute atomic E-state index is 0.00250. The number of carboxylic acid groups (broad SMARTS) is 1. The number of sulfonamides is 1. The Balaban J connectivity index is 2.31. The zero-order valence-corrected chi connectivity index (χ0v) is 14.1. The van der Waals surface area contributed by atoms with Crippen LogP contribution < -0.4 is 4.72 Å². The van der Waals surface area contributed by atoms with Crippen molar-refractivity contribution in [1.29, 1.82) is 0 Å². The molecule has 5 nitrogen and oxygen atoms in total. The van der Waals surface area contributed by atoms with E-state index in [1.807, 2.05) is 0 Å². The molecule has 0 radical (unpaired) electrons. The number of hydrogen-bond acceptors (Lipinski definition) is 3. The van der Waals surface area contributed by atoms with Gasteiger partial charge in [-0.05, 0) is 24.1 Å². The third kappa shape index (κ3) is 4.45. The van der Waals surface area contributed by atoms with Gasteiger partial charge in [0.15, 0.2) is 0 Å². The largest absolute Gasteiger partial charge is 0.480 e. The van der Waals surface area contributed by atoms with Gasteiger partial charge in [-0.2, -0.15) is 4.72 Å². The summed E-state index contributed by atoms with van der Waals surface area (Å²) in [4.78, 5) is 11.1. The van der Waals surface area contributed by atoms with Crippen LogP contribution in [-0.4, -0.2) is 25.5 Å². The van der Waals surface area contributed by atoms with Crippen molar-refractivity contribution in [3.8, 4) is 0 Å². The molecule has 0 aliphatic rings. The molecule has 0 saturated heterocycles. The fourth-order valence-electron chi connectivity index (χ4n) is 2.01. The number of carbonyl (C=O) groups is 1. The molecule has 0 fully saturated rings. The molecular formula is C15H13Cl2NO4S. The van der Waals surface area contributed by atoms with Gasteiger partial charge in [-0.25, -0.2) is 8.42 Å². The smallest absolute Gasteiger partial charge is 0.322 e. The Morgan fingerprint density at radius 2 is 1.61 bits per heavy atom. The van der Waals surface area contributed by atoms with Gasteiger partial charge in [-0.3, -0.25) is 4.79 Å². The average Bonchev–Trinajstić information content (AvgIpc) is 2.46. The van der Waals surface area contributed by atoms with Crippen LogP contribution in [0.25, 0.3) is 0 Å². The van der Waals surface area contributed by atoms with Crippen molar-refractivity contribution >= 4 is 39.2 Å². The normalized spacial score (nSPS) is 12.8. The minimum atomic E-state index is -4.18. The Morgan fingerprint density at radius 3 is 2.13 bits per heavy atom. The molecule has 23 heavy (non-hydrogen) atoms. The van der Waals surface area contributed by atoms with E-state index in [1.54, 1.807) is 30.3 Å². The maximum Gasteiger partial charge on any atom is 0.322 e. The van der Waals surface area contributed by atoms with Crippen LogP contribution in [0.15, 0.2) is 53.4 Å². The summed E-state index contributed by atoms with van der Waals surface area (Å²) in [5, 5.41) is 9.14. The van der Waals surface area contributed by atoms with Crippen molar-refractivity contribution in [3.63, 3.8) is 0 Å². The summed E-state index contributed by atoms with van der Waals surface area (Å²) in [5.74, 6) is -1.29. The summed E-state index contributed by atoms with van der Waals surface area (Å²) in [6, 6.07) is 11.6. The van der Waals surface area contributed by atoms with Crippen LogP contribution in [-0.2, 0) is 21.2 Å². The first kappa shape index (κ1) is 17.7. The molecule has 0 heterocycles. The summed E-state index contributed by atoms with van der Waals surface area (Å²) in [7, 11) is -4.18. The van der Waals surface area contributed by atoms with Gasteiger partial charge in [-0.15, -0.1) is 0 Å². The van der Waals surface area contributed by atoms with Crippen molar-refractivity contribution < 1.29 is 18.3 Å². The van der Waals surface area contributed by atoms with E-state index in [0.717, 1.165) is 0 Å². The Hall–Kier alpha value is -1.60. The highest BCUT2D eigenvalue weighted by Crippen LogP contribution is 2.29. The number of hydrogen-bond donors (Lipinski definition) is 2. The monoisotopic (exact) mass is 373 g/mol. The van der Waals surface area contributed by atoms with Crippen molar-refractivity contribution in [2.24, 2.45) is 0 Å². The highest BCUT2D eigenvalue weighted by atomic mass is 35.5. The fraction of sp³-hybridized carbons (Fsp3) is 0.133. The van der Waals surface area contributed by atoms with Crippen molar-refractivity contribution in [2.75, 3.05) is 0 Å². The highest BCUT2D eigenvalue weighted by Gasteiger charge is 2.28. The lowest BCUT2D eigenvalue weighted by atomic mass is 10.1. The second kappa shape index (κ2) is 7.31. The van der Waals surface area contributed by atoms with Crippen LogP contribution in [0.5, 0.6) is 0 Å². The van der Waals surface area contributed by atoms with Crippen LogP contribution in [0.1, 0.15) is 5.56 Å². The topological polar surface area (TPSA) is 83.5 Å². The first-order chi connectivity index (χ1) is 10.8. The Morgan fingerprint density at radius 1 is 1.04 bits per heavy atom. The fourth-order valence-corrected chi connectivity index (χ4v) is 4.35. The first-order valence-electron chi connectivity index (χ1n) is 6.54. The average molecular weight is 374 g/mol. The van der Waals surface area contributed by atoms with Crippen LogP contribution in [0, 0.1) is 0 Å². The molecule has 1 atom stereocenters. The molecule has 0 aliphatic carbocycles. The molecule has 0 saturated carbocycles. The summed E-state index contributed by atoms with van der Waals surface area (Å²) in [6.45, 7) is 0. The molecule has 2 aromatic rings. The molecule has 8 heteroatoms. The molecule has 0 bridgehead atoms. The third-order valence-electron chi connectivity index (χ3n) is 3.07. The van der Waals surface area contributed by atoms with Crippen molar-refractivity contribution in [3.05, 3.63) is 64.1 Å². The van der Waals surface area contributed by atoms with E-state index in [1.165, 1.54) is 18.2 Å². The van der Waals surface area contributed by atoms with Crippen LogP contribution in [0.3, 0.4) is 0 Å². The molecule has 2 rings (SSSR count). The van der Waals surface area contributed by atoms with E-state index < -0.39 is 22.0 Å². The summed E-state index contributed by atoms with van der Waals surface area (Å²) in [6.07, 6.45) is -0.00250. The third-order valence-corrected chi connectivity index (χ3v) is 5.49. The van der Waals surface area contributed by atoms with Gasteiger partial charge in [0.1, 0.15) is 10.9 Å². The van der Waals surface area contributed by atoms with Crippen molar-refractivity contribution in [2.45, 2.75) is 17.4 Å². The number of nitrogens with one attached hydrogen (secondary N) is 1. The van der Waals surface area contributed by atoms with Crippen LogP contribution in [0.4, 0.5) is 0 Å². The van der Waals surface area contributed by atoms with Crippen LogP contribution in [0.2, 0.25) is 10.0 Å². The summed E-state index contributed by atoms with van der Waals surface area (Å²) in [5.41, 5.74) is 0.688. The van der Waals surface area contributed by atoms with Gasteiger partial charge >= 0.3 is 5.97 Å². The Bertz CT molecular complexity index is 789. The maximum absolute atomic E-state index is 12.4. The lowest BCUT2D eigenvalue weighted by Gasteiger charge is -2.16. The molecule has 122 valence electrons. The standard InChI is InChI=1S/C15H13Cl2NO4S/c16-11-7-4-8-12(17)14(11)23(21,22)18-13(15(19)20)9-10-5-2-1-3-6-10/h1-8,13,18H,9H2,(H,19,20)/t13-/m1/s1. The molecule has 0 aliphatic heterocycles. The zero-order chi connectivity index (χ0) is 17.0. The minimum Gasteiger partial charge on any atom is -0.480 e. The summed E-state index contributed by atoms with van der Waals surface area (Å²) < 4.78 is 27.0. The Kier molecular flexibility index (Phi) is 5.64. The molecular weight excluding hydrogens is 361 g/mol. The van der Waals surface area contributed by atoms with E-state index in [0.29, 0.717) is 5.56 Å². The summed E-state index contributed by atoms with van der Waals surface area (Å²) >= 11 is 11.8. The van der Waals surface area contributed by atoms with E-state index in [-0.39, 0.29) is 21.4 Å². The molecule has 0 amide bonds. The second-order valence-corrected chi connectivity index (χ2v) is 7.22. The molecule has 0 spiro atoms. The second-order valence-electron chi connectivity index (χ2n) is 4.75. The number of rotatable bonds is 6. The Labute approximate surface area is 143 Å². The highest BCUT2D eigenvalue weighted by molar-refractivity contribution is 7.89. The van der Waals surface area contributed by atoms with Gasteiger partial charge in [-0.1, -0.05) is 59.6 Å². The lowest BCUT2D eigenvalue weighted by molar-refractivity contribution is -0.138. The first-order valence-corrected chi connectivity index (χ1v) is 8.78.